The second-order valence-corrected chi connectivity index (χ2v) is 7.06. The van der Waals surface area contributed by atoms with Gasteiger partial charge in [-0.05, 0) is 36.1 Å². The van der Waals surface area contributed by atoms with E-state index in [0.29, 0.717) is 18.5 Å². The molecule has 6 nitrogen and oxygen atoms in total. The van der Waals surface area contributed by atoms with Crippen LogP contribution in [0.2, 0.25) is 0 Å². The van der Waals surface area contributed by atoms with E-state index in [4.69, 9.17) is 0 Å². The van der Waals surface area contributed by atoms with Crippen LogP contribution in [0.4, 0.5) is 5.69 Å². The topological polar surface area (TPSA) is 86.7 Å². The van der Waals surface area contributed by atoms with Crippen molar-refractivity contribution in [2.24, 2.45) is 5.92 Å². The summed E-state index contributed by atoms with van der Waals surface area (Å²) >= 11 is 0. The normalized spacial score (nSPS) is 14.2. The van der Waals surface area contributed by atoms with E-state index in [0.717, 1.165) is 11.3 Å². The van der Waals surface area contributed by atoms with Crippen molar-refractivity contribution in [2.75, 3.05) is 4.90 Å². The second kappa shape index (κ2) is 7.61. The van der Waals surface area contributed by atoms with E-state index in [1.165, 1.54) is 0 Å². The molecule has 2 amide bonds. The number of fused-ring (bicyclic) bond motifs is 1. The van der Waals surface area contributed by atoms with Crippen molar-refractivity contribution in [2.45, 2.75) is 32.9 Å². The predicted molar refractivity (Wildman–Crippen MR) is 102 cm³/mol. The number of carboxylic acid groups (broad SMARTS) is 1. The first kappa shape index (κ1) is 18.6. The average Bonchev–Trinajstić information content (AvgIpc) is 2.98. The Morgan fingerprint density at radius 3 is 2.44 bits per heavy atom. The summed E-state index contributed by atoms with van der Waals surface area (Å²) in [7, 11) is 0. The van der Waals surface area contributed by atoms with Gasteiger partial charge in [0.25, 0.3) is 11.8 Å². The van der Waals surface area contributed by atoms with Crippen LogP contribution in [0.1, 0.15) is 46.5 Å². The molecule has 2 aromatic rings. The Morgan fingerprint density at radius 2 is 1.81 bits per heavy atom. The SMILES string of the molecule is CC(C)CC(NC(=O)c1cccc2c1C(=O)N(c1ccccc1)C2)C(=O)O. The third-order valence-electron chi connectivity index (χ3n) is 4.56. The van der Waals surface area contributed by atoms with Crippen LogP contribution in [0, 0.1) is 5.92 Å². The van der Waals surface area contributed by atoms with E-state index in [1.807, 2.05) is 50.2 Å². The van der Waals surface area contributed by atoms with Crippen molar-refractivity contribution in [1.82, 2.24) is 5.32 Å². The number of carbonyl (C=O) groups excluding carboxylic acids is 2. The molecule has 1 aliphatic heterocycles. The number of carbonyl (C=O) groups is 3. The molecule has 140 valence electrons. The standard InChI is InChI=1S/C21H22N2O4/c1-13(2)11-17(21(26)27)22-19(24)16-10-6-7-14-12-23(20(25)18(14)16)15-8-4-3-5-9-15/h3-10,13,17H,11-12H2,1-2H3,(H,22,24)(H,26,27). The van der Waals surface area contributed by atoms with Crippen LogP contribution >= 0.6 is 0 Å². The van der Waals surface area contributed by atoms with Gasteiger partial charge in [0, 0.05) is 5.69 Å². The van der Waals surface area contributed by atoms with Crippen molar-refractivity contribution >= 4 is 23.5 Å². The quantitative estimate of drug-likeness (QED) is 0.823. The number of anilines is 1. The second-order valence-electron chi connectivity index (χ2n) is 7.06. The molecule has 1 heterocycles. The van der Waals surface area contributed by atoms with Crippen molar-refractivity contribution < 1.29 is 19.5 Å². The first-order chi connectivity index (χ1) is 12.9. The number of carboxylic acids is 1. The Labute approximate surface area is 157 Å². The zero-order valence-corrected chi connectivity index (χ0v) is 15.3. The molecule has 1 aliphatic rings. The maximum absolute atomic E-state index is 12.9. The maximum Gasteiger partial charge on any atom is 0.326 e. The fourth-order valence-electron chi connectivity index (χ4n) is 3.30. The molecule has 0 bridgehead atoms. The summed E-state index contributed by atoms with van der Waals surface area (Å²) in [4.78, 5) is 38.8. The van der Waals surface area contributed by atoms with Gasteiger partial charge >= 0.3 is 5.97 Å². The van der Waals surface area contributed by atoms with Crippen LogP contribution < -0.4 is 10.2 Å². The smallest absolute Gasteiger partial charge is 0.326 e. The molecule has 27 heavy (non-hydrogen) atoms. The molecule has 0 fully saturated rings. The van der Waals surface area contributed by atoms with Crippen molar-refractivity contribution in [3.8, 4) is 0 Å². The number of para-hydroxylation sites is 1. The highest BCUT2D eigenvalue weighted by molar-refractivity contribution is 6.16. The average molecular weight is 366 g/mol. The molecule has 1 atom stereocenters. The molecule has 2 N–H and O–H groups in total. The molecule has 0 radical (unpaired) electrons. The van der Waals surface area contributed by atoms with E-state index in [9.17, 15) is 19.5 Å². The largest absolute Gasteiger partial charge is 0.480 e. The first-order valence-corrected chi connectivity index (χ1v) is 8.91. The van der Waals surface area contributed by atoms with Crippen molar-refractivity contribution in [1.29, 1.82) is 0 Å². The van der Waals surface area contributed by atoms with Gasteiger partial charge < -0.3 is 15.3 Å². The highest BCUT2D eigenvalue weighted by atomic mass is 16.4. The minimum atomic E-state index is -1.08. The van der Waals surface area contributed by atoms with Gasteiger partial charge in [0.1, 0.15) is 6.04 Å². The van der Waals surface area contributed by atoms with E-state index in [2.05, 4.69) is 5.32 Å². The van der Waals surface area contributed by atoms with Crippen molar-refractivity contribution in [3.05, 3.63) is 65.2 Å². The molecule has 0 aliphatic carbocycles. The predicted octanol–water partition coefficient (Wildman–Crippen LogP) is 3.08. The van der Waals surface area contributed by atoms with Gasteiger partial charge in [-0.3, -0.25) is 9.59 Å². The summed E-state index contributed by atoms with van der Waals surface area (Å²) in [5, 5.41) is 11.9. The van der Waals surface area contributed by atoms with Crippen molar-refractivity contribution in [3.63, 3.8) is 0 Å². The summed E-state index contributed by atoms with van der Waals surface area (Å²) in [5.74, 6) is -1.76. The van der Waals surface area contributed by atoms with Gasteiger partial charge in [0.05, 0.1) is 17.7 Å². The zero-order chi connectivity index (χ0) is 19.6. The van der Waals surface area contributed by atoms with Gasteiger partial charge in [-0.2, -0.15) is 0 Å². The zero-order valence-electron chi connectivity index (χ0n) is 15.3. The molecular formula is C21H22N2O4. The molecule has 2 aromatic carbocycles. The molecule has 0 spiro atoms. The van der Waals surface area contributed by atoms with Crippen LogP contribution in [0.3, 0.4) is 0 Å². The summed E-state index contributed by atoms with van der Waals surface area (Å²) in [6.45, 7) is 4.17. The Morgan fingerprint density at radius 1 is 1.11 bits per heavy atom. The monoisotopic (exact) mass is 366 g/mol. The van der Waals surface area contributed by atoms with E-state index >= 15 is 0 Å². The van der Waals surface area contributed by atoms with Crippen LogP contribution in [0.15, 0.2) is 48.5 Å². The fourth-order valence-corrected chi connectivity index (χ4v) is 3.30. The van der Waals surface area contributed by atoms with E-state index in [-0.39, 0.29) is 17.4 Å². The number of benzene rings is 2. The summed E-state index contributed by atoms with van der Waals surface area (Å²) in [6, 6.07) is 13.4. The number of rotatable bonds is 6. The lowest BCUT2D eigenvalue weighted by molar-refractivity contribution is -0.139. The highest BCUT2D eigenvalue weighted by Gasteiger charge is 2.33. The van der Waals surface area contributed by atoms with Crippen LogP contribution in [-0.4, -0.2) is 28.9 Å². The summed E-state index contributed by atoms with van der Waals surface area (Å²) in [6.07, 6.45) is 0.320. The number of nitrogens with zero attached hydrogens (tertiary/aromatic N) is 1. The number of hydrogen-bond acceptors (Lipinski definition) is 3. The Hall–Kier alpha value is -3.15. The number of aliphatic carboxylic acids is 1. The maximum atomic E-state index is 12.9. The Bertz CT molecular complexity index is 877. The van der Waals surface area contributed by atoms with Crippen LogP contribution in [0.5, 0.6) is 0 Å². The highest BCUT2D eigenvalue weighted by Crippen LogP contribution is 2.30. The van der Waals surface area contributed by atoms with Gasteiger partial charge in [-0.25, -0.2) is 4.79 Å². The summed E-state index contributed by atoms with van der Waals surface area (Å²) < 4.78 is 0. The van der Waals surface area contributed by atoms with Gasteiger partial charge in [-0.15, -0.1) is 0 Å². The number of amides is 2. The number of hydrogen-bond donors (Lipinski definition) is 2. The lowest BCUT2D eigenvalue weighted by Gasteiger charge is -2.18. The molecule has 6 heteroatoms. The number of nitrogens with one attached hydrogen (secondary N) is 1. The van der Waals surface area contributed by atoms with E-state index < -0.39 is 17.9 Å². The van der Waals surface area contributed by atoms with Crippen LogP contribution in [0.25, 0.3) is 0 Å². The van der Waals surface area contributed by atoms with E-state index in [1.54, 1.807) is 17.0 Å². The Balaban J connectivity index is 1.88. The summed E-state index contributed by atoms with van der Waals surface area (Å²) in [5.41, 5.74) is 2.07. The molecule has 1 unspecified atom stereocenters. The van der Waals surface area contributed by atoms with Gasteiger partial charge in [-0.1, -0.05) is 44.2 Å². The van der Waals surface area contributed by atoms with Gasteiger partial charge in [0.2, 0.25) is 0 Å². The van der Waals surface area contributed by atoms with Crippen LogP contribution in [-0.2, 0) is 11.3 Å². The minimum Gasteiger partial charge on any atom is -0.480 e. The Kier molecular flexibility index (Phi) is 5.26. The first-order valence-electron chi connectivity index (χ1n) is 8.91. The fraction of sp³-hybridized carbons (Fsp3) is 0.286. The van der Waals surface area contributed by atoms with Gasteiger partial charge in [0.15, 0.2) is 0 Å². The minimum absolute atomic E-state index is 0.114. The third-order valence-corrected chi connectivity index (χ3v) is 4.56. The third kappa shape index (κ3) is 3.84. The molecule has 3 rings (SSSR count). The molecular weight excluding hydrogens is 344 g/mol. The lowest BCUT2D eigenvalue weighted by Crippen LogP contribution is -2.42. The lowest BCUT2D eigenvalue weighted by atomic mass is 10.0. The molecule has 0 saturated heterocycles. The molecule has 0 aromatic heterocycles. The molecule has 0 saturated carbocycles.